The minimum absolute atomic E-state index is 0.0362. The van der Waals surface area contributed by atoms with E-state index in [2.05, 4.69) is 5.16 Å². The molecule has 9 nitrogen and oxygen atoms in total. The molecule has 0 unspecified atom stereocenters. The Morgan fingerprint density at radius 2 is 1.92 bits per heavy atom. The topological polar surface area (TPSA) is 117 Å². The van der Waals surface area contributed by atoms with E-state index >= 15 is 0 Å². The van der Waals surface area contributed by atoms with Crippen molar-refractivity contribution in [3.63, 3.8) is 0 Å². The molecule has 0 spiro atoms. The van der Waals surface area contributed by atoms with Gasteiger partial charge in [-0.2, -0.15) is 0 Å². The maximum Gasteiger partial charge on any atom is 0.311 e. The summed E-state index contributed by atoms with van der Waals surface area (Å²) >= 11 is 0. The molecule has 0 bridgehead atoms. The monoisotopic (exact) mass is 331 g/mol. The van der Waals surface area contributed by atoms with Gasteiger partial charge in [-0.1, -0.05) is 17.3 Å². The van der Waals surface area contributed by atoms with Crippen LogP contribution in [0.2, 0.25) is 0 Å². The highest BCUT2D eigenvalue weighted by atomic mass is 16.6. The molecular formula is C15H13N3O6. The maximum atomic E-state index is 10.9. The third kappa shape index (κ3) is 4.26. The Kier molecular flexibility index (Phi) is 5.40. The van der Waals surface area contributed by atoms with Gasteiger partial charge in [-0.05, 0) is 17.7 Å². The first-order chi connectivity index (χ1) is 11.5. The minimum Gasteiger partial charge on any atom is -0.490 e. The normalized spacial score (nSPS) is 10.5. The molecule has 0 N–H and O–H groups in total. The molecule has 24 heavy (non-hydrogen) atoms. The smallest absolute Gasteiger partial charge is 0.311 e. The zero-order valence-corrected chi connectivity index (χ0v) is 12.6. The van der Waals surface area contributed by atoms with Gasteiger partial charge in [0.15, 0.2) is 5.75 Å². The Morgan fingerprint density at radius 3 is 2.58 bits per heavy atom. The molecule has 0 aliphatic rings. The van der Waals surface area contributed by atoms with Crippen LogP contribution in [-0.4, -0.2) is 23.2 Å². The molecule has 0 heterocycles. The van der Waals surface area contributed by atoms with Crippen molar-refractivity contribution in [3.8, 4) is 5.75 Å². The first-order valence-corrected chi connectivity index (χ1v) is 6.72. The minimum atomic E-state index is -0.555. The third-order valence-corrected chi connectivity index (χ3v) is 3.03. The number of oxime groups is 1. The van der Waals surface area contributed by atoms with Crippen molar-refractivity contribution in [3.05, 3.63) is 73.8 Å². The molecule has 2 rings (SSSR count). The van der Waals surface area contributed by atoms with Gasteiger partial charge in [0, 0.05) is 23.8 Å². The lowest BCUT2D eigenvalue weighted by Crippen LogP contribution is -1.95. The highest BCUT2D eigenvalue weighted by Gasteiger charge is 2.14. The zero-order valence-electron chi connectivity index (χ0n) is 12.6. The van der Waals surface area contributed by atoms with Gasteiger partial charge >= 0.3 is 5.69 Å². The summed E-state index contributed by atoms with van der Waals surface area (Å²) in [5.74, 6) is 0.148. The van der Waals surface area contributed by atoms with E-state index in [4.69, 9.17) is 9.57 Å². The Balaban J connectivity index is 2.02. The fourth-order valence-corrected chi connectivity index (χ4v) is 1.90. The predicted octanol–water partition coefficient (Wildman–Crippen LogP) is 3.06. The molecule has 0 fully saturated rings. The number of nitro groups is 2. The lowest BCUT2D eigenvalue weighted by Gasteiger charge is -2.02. The quantitative estimate of drug-likeness (QED) is 0.437. The van der Waals surface area contributed by atoms with E-state index in [9.17, 15) is 20.2 Å². The van der Waals surface area contributed by atoms with Gasteiger partial charge in [0.1, 0.15) is 6.61 Å². The Morgan fingerprint density at radius 1 is 1.12 bits per heavy atom. The molecule has 9 heteroatoms. The van der Waals surface area contributed by atoms with Crippen LogP contribution in [0.15, 0.2) is 47.6 Å². The molecule has 0 amide bonds. The molecule has 2 aromatic carbocycles. The van der Waals surface area contributed by atoms with Crippen LogP contribution in [0.4, 0.5) is 11.4 Å². The lowest BCUT2D eigenvalue weighted by molar-refractivity contribution is -0.385. The summed E-state index contributed by atoms with van der Waals surface area (Å²) in [5, 5.41) is 25.3. The van der Waals surface area contributed by atoms with Crippen LogP contribution < -0.4 is 4.74 Å². The Hall–Kier alpha value is -3.49. The van der Waals surface area contributed by atoms with Gasteiger partial charge < -0.3 is 9.57 Å². The number of ether oxygens (including phenoxy) is 1. The number of nitro benzene ring substituents is 2. The molecular weight excluding hydrogens is 318 g/mol. The number of methoxy groups -OCH3 is 1. The molecule has 0 atom stereocenters. The summed E-state index contributed by atoms with van der Waals surface area (Å²) in [4.78, 5) is 25.6. The second kappa shape index (κ2) is 7.68. The molecule has 0 saturated heterocycles. The van der Waals surface area contributed by atoms with Crippen molar-refractivity contribution in [1.29, 1.82) is 0 Å². The zero-order chi connectivity index (χ0) is 17.5. The number of rotatable bonds is 7. The molecule has 0 aliphatic carbocycles. The van der Waals surface area contributed by atoms with Crippen LogP contribution in [0.25, 0.3) is 0 Å². The molecule has 0 aromatic heterocycles. The van der Waals surface area contributed by atoms with Crippen molar-refractivity contribution in [2.45, 2.75) is 6.61 Å². The van der Waals surface area contributed by atoms with Crippen molar-refractivity contribution >= 4 is 17.6 Å². The summed E-state index contributed by atoms with van der Waals surface area (Å²) < 4.78 is 4.90. The SMILES string of the molecule is COc1ccc(/C=N\OCc2cccc([N+](=O)[O-])c2)cc1[N+](=O)[O-]. The van der Waals surface area contributed by atoms with E-state index in [1.165, 1.54) is 37.6 Å². The highest BCUT2D eigenvalue weighted by Crippen LogP contribution is 2.26. The standard InChI is InChI=1S/C15H13N3O6/c1-23-15-6-5-11(8-14(15)18(21)22)9-16-24-10-12-3-2-4-13(7-12)17(19)20/h2-9H,10H2,1H3/b16-9-. The Bertz CT molecular complexity index is 791. The summed E-state index contributed by atoms with van der Waals surface area (Å²) in [6.45, 7) is 0.0381. The Labute approximate surface area is 136 Å². The van der Waals surface area contributed by atoms with E-state index in [0.29, 0.717) is 11.1 Å². The number of non-ortho nitro benzene ring substituents is 1. The van der Waals surface area contributed by atoms with Crippen molar-refractivity contribution in [2.24, 2.45) is 5.16 Å². The molecule has 124 valence electrons. The number of nitrogens with zero attached hydrogens (tertiary/aromatic N) is 3. The van der Waals surface area contributed by atoms with E-state index < -0.39 is 9.85 Å². The van der Waals surface area contributed by atoms with E-state index in [1.54, 1.807) is 18.2 Å². The van der Waals surface area contributed by atoms with Crippen molar-refractivity contribution in [2.75, 3.05) is 7.11 Å². The maximum absolute atomic E-state index is 10.9. The number of hydrogen-bond donors (Lipinski definition) is 0. The molecule has 0 aliphatic heterocycles. The molecule has 2 aromatic rings. The lowest BCUT2D eigenvalue weighted by atomic mass is 10.2. The summed E-state index contributed by atoms with van der Waals surface area (Å²) in [7, 11) is 1.35. The van der Waals surface area contributed by atoms with Gasteiger partial charge in [0.2, 0.25) is 0 Å². The third-order valence-electron chi connectivity index (χ3n) is 3.03. The summed E-state index contributed by atoms with van der Waals surface area (Å²) in [6, 6.07) is 10.3. The first-order valence-electron chi connectivity index (χ1n) is 6.72. The van der Waals surface area contributed by atoms with Crippen LogP contribution in [0.3, 0.4) is 0 Å². The second-order valence-corrected chi connectivity index (χ2v) is 4.62. The van der Waals surface area contributed by atoms with Gasteiger partial charge in [-0.3, -0.25) is 20.2 Å². The predicted molar refractivity (Wildman–Crippen MR) is 85.1 cm³/mol. The van der Waals surface area contributed by atoms with Crippen molar-refractivity contribution < 1.29 is 19.4 Å². The van der Waals surface area contributed by atoms with Crippen LogP contribution in [0.1, 0.15) is 11.1 Å². The van der Waals surface area contributed by atoms with Crippen LogP contribution >= 0.6 is 0 Å². The number of benzene rings is 2. The average molecular weight is 331 g/mol. The average Bonchev–Trinajstić information content (AvgIpc) is 2.58. The van der Waals surface area contributed by atoms with E-state index in [0.717, 1.165) is 0 Å². The molecule has 0 saturated carbocycles. The summed E-state index contributed by atoms with van der Waals surface area (Å²) in [5.41, 5.74) is 0.828. The van der Waals surface area contributed by atoms with Gasteiger partial charge in [-0.25, -0.2) is 0 Å². The summed E-state index contributed by atoms with van der Waals surface area (Å²) in [6.07, 6.45) is 1.31. The van der Waals surface area contributed by atoms with E-state index in [1.807, 2.05) is 0 Å². The van der Waals surface area contributed by atoms with Gasteiger partial charge in [0.05, 0.1) is 23.2 Å². The van der Waals surface area contributed by atoms with E-state index in [-0.39, 0.29) is 23.7 Å². The fourth-order valence-electron chi connectivity index (χ4n) is 1.90. The number of hydrogen-bond acceptors (Lipinski definition) is 7. The second-order valence-electron chi connectivity index (χ2n) is 4.62. The van der Waals surface area contributed by atoms with Crippen LogP contribution in [0.5, 0.6) is 5.75 Å². The highest BCUT2D eigenvalue weighted by molar-refractivity contribution is 5.81. The van der Waals surface area contributed by atoms with Crippen molar-refractivity contribution in [1.82, 2.24) is 0 Å². The van der Waals surface area contributed by atoms with Crippen LogP contribution in [-0.2, 0) is 11.4 Å². The first kappa shape index (κ1) is 16.9. The molecule has 0 radical (unpaired) electrons. The van der Waals surface area contributed by atoms with Gasteiger partial charge in [0.25, 0.3) is 5.69 Å². The largest absolute Gasteiger partial charge is 0.490 e. The van der Waals surface area contributed by atoms with Gasteiger partial charge in [-0.15, -0.1) is 0 Å². The van der Waals surface area contributed by atoms with Crippen LogP contribution in [0, 0.1) is 20.2 Å². The fraction of sp³-hybridized carbons (Fsp3) is 0.133.